The van der Waals surface area contributed by atoms with Crippen LogP contribution in [0, 0.1) is 6.92 Å². The van der Waals surface area contributed by atoms with Gasteiger partial charge in [0.2, 0.25) is 5.91 Å². The summed E-state index contributed by atoms with van der Waals surface area (Å²) in [5.74, 6) is -0.0408. The van der Waals surface area contributed by atoms with Gasteiger partial charge in [0, 0.05) is 30.9 Å². The molecule has 0 aromatic heterocycles. The Hall–Kier alpha value is -1.27. The molecule has 0 spiro atoms. The molecular formula is C13H20BrN3O2. The van der Waals surface area contributed by atoms with Crippen LogP contribution in [0.25, 0.3) is 0 Å². The standard InChI is InChI=1S/C13H20BrN3O2/c1-9-6-12(10(14)7-11(9)15)17(2)8-13(18)16-4-5-19-3/h6-7H,4-5,8,15H2,1-3H3,(H,16,18). The van der Waals surface area contributed by atoms with Gasteiger partial charge < -0.3 is 20.7 Å². The monoisotopic (exact) mass is 329 g/mol. The van der Waals surface area contributed by atoms with Crippen molar-refractivity contribution in [2.75, 3.05) is 44.5 Å². The molecule has 0 unspecified atom stereocenters. The highest BCUT2D eigenvalue weighted by atomic mass is 79.9. The third-order valence-electron chi connectivity index (χ3n) is 2.76. The zero-order valence-corrected chi connectivity index (χ0v) is 13.1. The van der Waals surface area contributed by atoms with E-state index in [1.54, 1.807) is 7.11 Å². The minimum Gasteiger partial charge on any atom is -0.398 e. The second-order valence-corrected chi connectivity index (χ2v) is 5.21. The molecule has 0 radical (unpaired) electrons. The molecule has 0 fully saturated rings. The highest BCUT2D eigenvalue weighted by molar-refractivity contribution is 9.10. The number of carbonyl (C=O) groups excluding carboxylic acids is 1. The molecule has 1 rings (SSSR count). The molecule has 1 aromatic rings. The summed E-state index contributed by atoms with van der Waals surface area (Å²) in [6.07, 6.45) is 0. The van der Waals surface area contributed by atoms with E-state index in [1.807, 2.05) is 31.0 Å². The number of nitrogens with one attached hydrogen (secondary N) is 1. The lowest BCUT2D eigenvalue weighted by Crippen LogP contribution is -2.36. The maximum absolute atomic E-state index is 11.7. The summed E-state index contributed by atoms with van der Waals surface area (Å²) in [4.78, 5) is 13.6. The number of nitrogens with two attached hydrogens (primary N) is 1. The Morgan fingerprint density at radius 1 is 1.53 bits per heavy atom. The van der Waals surface area contributed by atoms with Gasteiger partial charge in [-0.1, -0.05) is 0 Å². The third-order valence-corrected chi connectivity index (χ3v) is 3.39. The van der Waals surface area contributed by atoms with Gasteiger partial charge in [0.1, 0.15) is 0 Å². The molecule has 1 aromatic carbocycles. The van der Waals surface area contributed by atoms with Gasteiger partial charge >= 0.3 is 0 Å². The first kappa shape index (κ1) is 15.8. The largest absolute Gasteiger partial charge is 0.398 e. The minimum absolute atomic E-state index is 0.0408. The van der Waals surface area contributed by atoms with Crippen LogP contribution in [0.2, 0.25) is 0 Å². The number of likely N-dealkylation sites (N-methyl/N-ethyl adjacent to an activating group) is 1. The second kappa shape index (κ2) is 7.35. The molecule has 0 heterocycles. The summed E-state index contributed by atoms with van der Waals surface area (Å²) < 4.78 is 5.76. The highest BCUT2D eigenvalue weighted by Crippen LogP contribution is 2.29. The lowest BCUT2D eigenvalue weighted by Gasteiger charge is -2.21. The number of nitrogen functional groups attached to an aromatic ring is 1. The quantitative estimate of drug-likeness (QED) is 0.613. The Labute approximate surface area is 122 Å². The molecule has 3 N–H and O–H groups in total. The first-order valence-electron chi connectivity index (χ1n) is 5.98. The highest BCUT2D eigenvalue weighted by Gasteiger charge is 2.11. The molecule has 0 aliphatic heterocycles. The van der Waals surface area contributed by atoms with E-state index in [2.05, 4.69) is 21.2 Å². The third kappa shape index (κ3) is 4.72. The van der Waals surface area contributed by atoms with Crippen molar-refractivity contribution in [1.82, 2.24) is 5.32 Å². The molecule has 0 saturated heterocycles. The molecule has 0 aliphatic rings. The average Bonchev–Trinajstić information content (AvgIpc) is 2.34. The van der Waals surface area contributed by atoms with Crippen LogP contribution < -0.4 is 16.0 Å². The van der Waals surface area contributed by atoms with Crippen LogP contribution in [0.15, 0.2) is 16.6 Å². The van der Waals surface area contributed by atoms with Crippen molar-refractivity contribution in [2.24, 2.45) is 0 Å². The van der Waals surface area contributed by atoms with Gasteiger partial charge in [-0.05, 0) is 40.5 Å². The molecule has 0 atom stereocenters. The van der Waals surface area contributed by atoms with Gasteiger partial charge in [-0.3, -0.25) is 4.79 Å². The molecule has 1 amide bonds. The molecule has 0 aliphatic carbocycles. The van der Waals surface area contributed by atoms with Crippen LogP contribution in [0.5, 0.6) is 0 Å². The van der Waals surface area contributed by atoms with E-state index in [4.69, 9.17) is 10.5 Å². The molecule has 0 saturated carbocycles. The Bertz CT molecular complexity index is 452. The van der Waals surface area contributed by atoms with E-state index in [-0.39, 0.29) is 12.5 Å². The number of methoxy groups -OCH3 is 1. The molecule has 19 heavy (non-hydrogen) atoms. The summed E-state index contributed by atoms with van der Waals surface area (Å²) in [5, 5.41) is 2.78. The predicted molar refractivity (Wildman–Crippen MR) is 81.4 cm³/mol. The van der Waals surface area contributed by atoms with Gasteiger partial charge in [0.15, 0.2) is 0 Å². The van der Waals surface area contributed by atoms with Gasteiger partial charge in [-0.25, -0.2) is 0 Å². The van der Waals surface area contributed by atoms with Crippen molar-refractivity contribution in [3.05, 3.63) is 22.2 Å². The van der Waals surface area contributed by atoms with Crippen molar-refractivity contribution >= 4 is 33.2 Å². The number of hydrogen-bond acceptors (Lipinski definition) is 4. The first-order chi connectivity index (χ1) is 8.95. The molecule has 0 bridgehead atoms. The molecule has 5 nitrogen and oxygen atoms in total. The summed E-state index contributed by atoms with van der Waals surface area (Å²) in [7, 11) is 3.47. The fourth-order valence-corrected chi connectivity index (χ4v) is 2.29. The number of nitrogens with zero attached hydrogens (tertiary/aromatic N) is 1. The average molecular weight is 330 g/mol. The maximum Gasteiger partial charge on any atom is 0.239 e. The Balaban J connectivity index is 2.65. The molecule has 6 heteroatoms. The van der Waals surface area contributed by atoms with E-state index in [9.17, 15) is 4.79 Å². The van der Waals surface area contributed by atoms with Crippen LogP contribution in [-0.4, -0.2) is 39.8 Å². The number of carbonyl (C=O) groups is 1. The van der Waals surface area contributed by atoms with Gasteiger partial charge in [0.05, 0.1) is 18.8 Å². The molecular weight excluding hydrogens is 310 g/mol. The Morgan fingerprint density at radius 2 is 2.21 bits per heavy atom. The number of rotatable bonds is 6. The van der Waals surface area contributed by atoms with E-state index >= 15 is 0 Å². The number of benzene rings is 1. The van der Waals surface area contributed by atoms with E-state index in [0.29, 0.717) is 13.2 Å². The SMILES string of the molecule is COCCNC(=O)CN(C)c1cc(C)c(N)cc1Br. The summed E-state index contributed by atoms with van der Waals surface area (Å²) in [6.45, 7) is 3.26. The van der Waals surface area contributed by atoms with E-state index in [1.165, 1.54) is 0 Å². The second-order valence-electron chi connectivity index (χ2n) is 4.36. The van der Waals surface area contributed by atoms with Gasteiger partial charge in [-0.2, -0.15) is 0 Å². The maximum atomic E-state index is 11.7. The fourth-order valence-electron chi connectivity index (χ4n) is 1.62. The topological polar surface area (TPSA) is 67.6 Å². The number of ether oxygens (including phenoxy) is 1. The summed E-state index contributed by atoms with van der Waals surface area (Å²) in [5.41, 5.74) is 8.49. The summed E-state index contributed by atoms with van der Waals surface area (Å²) >= 11 is 3.46. The van der Waals surface area contributed by atoms with E-state index in [0.717, 1.165) is 21.4 Å². The van der Waals surface area contributed by atoms with Gasteiger partial charge in [0.25, 0.3) is 0 Å². The Morgan fingerprint density at radius 3 is 2.84 bits per heavy atom. The number of halogens is 1. The normalized spacial score (nSPS) is 10.3. The number of amides is 1. The zero-order valence-electron chi connectivity index (χ0n) is 11.5. The Kier molecular flexibility index (Phi) is 6.11. The van der Waals surface area contributed by atoms with Crippen LogP contribution in [0.4, 0.5) is 11.4 Å². The van der Waals surface area contributed by atoms with Crippen LogP contribution in [0.3, 0.4) is 0 Å². The molecule has 106 valence electrons. The number of hydrogen-bond donors (Lipinski definition) is 2. The zero-order chi connectivity index (χ0) is 14.4. The number of aryl methyl sites for hydroxylation is 1. The minimum atomic E-state index is -0.0408. The predicted octanol–water partition coefficient (Wildman–Crippen LogP) is 1.54. The van der Waals surface area contributed by atoms with Crippen molar-refractivity contribution < 1.29 is 9.53 Å². The van der Waals surface area contributed by atoms with Crippen molar-refractivity contribution in [3.8, 4) is 0 Å². The van der Waals surface area contributed by atoms with Crippen molar-refractivity contribution in [2.45, 2.75) is 6.92 Å². The lowest BCUT2D eigenvalue weighted by molar-refractivity contribution is -0.119. The smallest absolute Gasteiger partial charge is 0.239 e. The first-order valence-corrected chi connectivity index (χ1v) is 6.77. The lowest BCUT2D eigenvalue weighted by atomic mass is 10.1. The van der Waals surface area contributed by atoms with Crippen molar-refractivity contribution in [1.29, 1.82) is 0 Å². The van der Waals surface area contributed by atoms with Crippen LogP contribution >= 0.6 is 15.9 Å². The van der Waals surface area contributed by atoms with Crippen LogP contribution in [0.1, 0.15) is 5.56 Å². The van der Waals surface area contributed by atoms with Crippen LogP contribution in [-0.2, 0) is 9.53 Å². The summed E-state index contributed by atoms with van der Waals surface area (Å²) in [6, 6.07) is 3.81. The van der Waals surface area contributed by atoms with Gasteiger partial charge in [-0.15, -0.1) is 0 Å². The van der Waals surface area contributed by atoms with Crippen molar-refractivity contribution in [3.63, 3.8) is 0 Å². The fraction of sp³-hybridized carbons (Fsp3) is 0.462. The van der Waals surface area contributed by atoms with E-state index < -0.39 is 0 Å². The number of anilines is 2.